The van der Waals surface area contributed by atoms with Crippen molar-refractivity contribution in [2.24, 2.45) is 0 Å². The molecule has 156 valence electrons. The molecule has 6 nitrogen and oxygen atoms in total. The number of benzene rings is 2. The van der Waals surface area contributed by atoms with Crippen LogP contribution >= 0.6 is 11.6 Å². The lowest BCUT2D eigenvalue weighted by Gasteiger charge is -2.13. The van der Waals surface area contributed by atoms with Crippen molar-refractivity contribution in [2.75, 3.05) is 5.32 Å². The molecule has 2 aromatic carbocycles. The summed E-state index contributed by atoms with van der Waals surface area (Å²) in [4.78, 5) is 36.9. The Kier molecular flexibility index (Phi) is 6.12. The number of amides is 1. The molecule has 0 radical (unpaired) electrons. The van der Waals surface area contributed by atoms with E-state index in [1.807, 2.05) is 6.07 Å². The summed E-state index contributed by atoms with van der Waals surface area (Å²) in [6.45, 7) is -0.467. The highest BCUT2D eigenvalue weighted by atomic mass is 35.5. The number of alkyl halides is 3. The first-order chi connectivity index (χ1) is 14.1. The van der Waals surface area contributed by atoms with E-state index in [0.717, 1.165) is 17.7 Å². The molecule has 0 saturated carbocycles. The number of rotatable bonds is 5. The fourth-order valence-corrected chi connectivity index (χ4v) is 2.99. The lowest BCUT2D eigenvalue weighted by molar-refractivity contribution is -0.137. The molecule has 1 N–H and O–H groups in total. The van der Waals surface area contributed by atoms with Crippen LogP contribution in [0.4, 0.5) is 18.9 Å². The number of anilines is 1. The molecule has 3 aromatic rings. The molecule has 0 spiro atoms. The molecule has 0 aliphatic heterocycles. The molecule has 0 bridgehead atoms. The van der Waals surface area contributed by atoms with E-state index < -0.39 is 40.5 Å². The van der Waals surface area contributed by atoms with E-state index in [1.54, 1.807) is 24.3 Å². The molecule has 1 heterocycles. The number of halogens is 4. The van der Waals surface area contributed by atoms with E-state index in [0.29, 0.717) is 10.6 Å². The second-order valence-electron chi connectivity index (χ2n) is 6.38. The van der Waals surface area contributed by atoms with E-state index >= 15 is 0 Å². The number of hydrogen-bond donors (Lipinski definition) is 1. The Labute approximate surface area is 173 Å². The van der Waals surface area contributed by atoms with Crippen molar-refractivity contribution in [3.05, 3.63) is 97.8 Å². The largest absolute Gasteiger partial charge is 0.417 e. The minimum atomic E-state index is -4.70. The molecule has 0 aliphatic carbocycles. The quantitative estimate of drug-likeness (QED) is 0.665. The Morgan fingerprint density at radius 2 is 1.73 bits per heavy atom. The van der Waals surface area contributed by atoms with Crippen LogP contribution in [0.15, 0.2) is 70.4 Å². The van der Waals surface area contributed by atoms with Crippen LogP contribution in [0.2, 0.25) is 5.02 Å². The van der Waals surface area contributed by atoms with Crippen molar-refractivity contribution in [3.63, 3.8) is 0 Å². The number of nitrogens with one attached hydrogen (secondary N) is 1. The Morgan fingerprint density at radius 3 is 2.40 bits per heavy atom. The topological polar surface area (TPSA) is 73.1 Å². The molecular weight excluding hydrogens is 423 g/mol. The minimum Gasteiger partial charge on any atom is -0.325 e. The van der Waals surface area contributed by atoms with Gasteiger partial charge in [-0.3, -0.25) is 18.7 Å². The van der Waals surface area contributed by atoms with Gasteiger partial charge in [-0.25, -0.2) is 4.79 Å². The van der Waals surface area contributed by atoms with Gasteiger partial charge in [-0.2, -0.15) is 13.2 Å². The highest BCUT2D eigenvalue weighted by molar-refractivity contribution is 6.31. The smallest absolute Gasteiger partial charge is 0.325 e. The minimum absolute atomic E-state index is 0.162. The highest BCUT2D eigenvalue weighted by Gasteiger charge is 2.33. The van der Waals surface area contributed by atoms with E-state index in [2.05, 4.69) is 5.32 Å². The molecular formula is C20H15ClF3N3O3. The summed E-state index contributed by atoms with van der Waals surface area (Å²) in [6, 6.07) is 13.0. The summed E-state index contributed by atoms with van der Waals surface area (Å²) < 4.78 is 40.8. The summed E-state index contributed by atoms with van der Waals surface area (Å²) in [6.07, 6.45) is -3.37. The van der Waals surface area contributed by atoms with Crippen molar-refractivity contribution >= 4 is 23.2 Å². The second kappa shape index (κ2) is 8.58. The molecule has 10 heteroatoms. The van der Waals surface area contributed by atoms with Crippen LogP contribution < -0.4 is 16.6 Å². The van der Waals surface area contributed by atoms with Crippen LogP contribution in [-0.4, -0.2) is 15.0 Å². The van der Waals surface area contributed by atoms with Gasteiger partial charge in [-0.15, -0.1) is 0 Å². The van der Waals surface area contributed by atoms with Crippen molar-refractivity contribution in [1.82, 2.24) is 9.13 Å². The molecule has 0 saturated heterocycles. The van der Waals surface area contributed by atoms with Gasteiger partial charge in [0.25, 0.3) is 5.56 Å². The monoisotopic (exact) mass is 437 g/mol. The van der Waals surface area contributed by atoms with Crippen LogP contribution in [-0.2, 0) is 24.1 Å². The van der Waals surface area contributed by atoms with Crippen molar-refractivity contribution < 1.29 is 18.0 Å². The third-order valence-corrected chi connectivity index (χ3v) is 4.52. The standard InChI is InChI=1S/C20H15ClF3N3O3/c21-16-7-6-14(10-15(16)20(22,23)24)25-17(28)12-27-18(29)8-9-26(19(27)30)11-13-4-2-1-3-5-13/h1-10H,11-12H2,(H,25,28). The fourth-order valence-electron chi connectivity index (χ4n) is 2.77. The zero-order chi connectivity index (χ0) is 21.9. The van der Waals surface area contributed by atoms with Crippen LogP contribution in [0.25, 0.3) is 0 Å². The number of nitrogens with zero attached hydrogens (tertiary/aromatic N) is 2. The summed E-state index contributed by atoms with van der Waals surface area (Å²) >= 11 is 5.55. The average Bonchev–Trinajstić information content (AvgIpc) is 2.69. The Morgan fingerprint density at radius 1 is 1.03 bits per heavy atom. The van der Waals surface area contributed by atoms with Gasteiger partial charge in [0.15, 0.2) is 0 Å². The van der Waals surface area contributed by atoms with E-state index in [1.165, 1.54) is 16.8 Å². The summed E-state index contributed by atoms with van der Waals surface area (Å²) in [5.74, 6) is -0.831. The molecule has 1 amide bonds. The SMILES string of the molecule is O=C(Cn1c(=O)ccn(Cc2ccccc2)c1=O)Nc1ccc(Cl)c(C(F)(F)F)c1. The maximum absolute atomic E-state index is 13.0. The Bertz CT molecular complexity index is 1190. The first kappa shape index (κ1) is 21.4. The molecule has 0 aliphatic rings. The number of carbonyl (C=O) groups is 1. The summed E-state index contributed by atoms with van der Waals surface area (Å²) in [5.41, 5.74) is -1.87. The lowest BCUT2D eigenvalue weighted by Crippen LogP contribution is -2.41. The highest BCUT2D eigenvalue weighted by Crippen LogP contribution is 2.36. The average molecular weight is 438 g/mol. The third-order valence-electron chi connectivity index (χ3n) is 4.19. The second-order valence-corrected chi connectivity index (χ2v) is 6.78. The maximum Gasteiger partial charge on any atom is 0.417 e. The van der Waals surface area contributed by atoms with Gasteiger partial charge in [0.1, 0.15) is 6.54 Å². The molecule has 0 fully saturated rings. The first-order valence-electron chi connectivity index (χ1n) is 8.66. The number of carbonyl (C=O) groups excluding carboxylic acids is 1. The molecule has 1 aromatic heterocycles. The van der Waals surface area contributed by atoms with Crippen molar-refractivity contribution in [2.45, 2.75) is 19.3 Å². The normalized spacial score (nSPS) is 11.3. The van der Waals surface area contributed by atoms with Crippen LogP contribution in [0.1, 0.15) is 11.1 Å². The third kappa shape index (κ3) is 4.98. The molecule has 0 atom stereocenters. The van der Waals surface area contributed by atoms with Crippen LogP contribution in [0.3, 0.4) is 0 Å². The lowest BCUT2D eigenvalue weighted by atomic mass is 10.2. The molecule has 3 rings (SSSR count). The number of hydrogen-bond acceptors (Lipinski definition) is 3. The van der Waals surface area contributed by atoms with Crippen molar-refractivity contribution in [1.29, 1.82) is 0 Å². The van der Waals surface area contributed by atoms with Gasteiger partial charge in [0.05, 0.1) is 17.1 Å². The summed E-state index contributed by atoms with van der Waals surface area (Å²) in [7, 11) is 0. The maximum atomic E-state index is 13.0. The van der Waals surface area contributed by atoms with E-state index in [-0.39, 0.29) is 12.2 Å². The van der Waals surface area contributed by atoms with Crippen LogP contribution in [0.5, 0.6) is 0 Å². The Hall–Kier alpha value is -3.33. The van der Waals surface area contributed by atoms with Gasteiger partial charge < -0.3 is 5.32 Å². The zero-order valence-electron chi connectivity index (χ0n) is 15.3. The predicted molar refractivity (Wildman–Crippen MR) is 106 cm³/mol. The van der Waals surface area contributed by atoms with Crippen LogP contribution in [0, 0.1) is 0 Å². The van der Waals surface area contributed by atoms with Gasteiger partial charge in [0.2, 0.25) is 5.91 Å². The molecule has 30 heavy (non-hydrogen) atoms. The van der Waals surface area contributed by atoms with Crippen molar-refractivity contribution in [3.8, 4) is 0 Å². The van der Waals surface area contributed by atoms with Gasteiger partial charge in [-0.05, 0) is 23.8 Å². The Balaban J connectivity index is 1.81. The predicted octanol–water partition coefficient (Wildman–Crippen LogP) is 3.37. The van der Waals surface area contributed by atoms with E-state index in [4.69, 9.17) is 11.6 Å². The van der Waals surface area contributed by atoms with Gasteiger partial charge in [0, 0.05) is 18.0 Å². The summed E-state index contributed by atoms with van der Waals surface area (Å²) in [5, 5.41) is 1.74. The number of aromatic nitrogens is 2. The first-order valence-corrected chi connectivity index (χ1v) is 9.04. The molecule has 0 unspecified atom stereocenters. The zero-order valence-corrected chi connectivity index (χ0v) is 16.1. The van der Waals surface area contributed by atoms with Gasteiger partial charge >= 0.3 is 11.9 Å². The fraction of sp³-hybridized carbons (Fsp3) is 0.150. The van der Waals surface area contributed by atoms with Gasteiger partial charge in [-0.1, -0.05) is 41.9 Å². The van der Waals surface area contributed by atoms with E-state index in [9.17, 15) is 27.6 Å².